The number of aromatic amines is 2. The van der Waals surface area contributed by atoms with Crippen LogP contribution in [-0.2, 0) is 12.8 Å². The van der Waals surface area contributed by atoms with Gasteiger partial charge in [0.15, 0.2) is 5.88 Å². The zero-order chi connectivity index (χ0) is 21.4. The number of rotatable bonds is 7. The van der Waals surface area contributed by atoms with E-state index in [1.54, 1.807) is 12.1 Å². The first kappa shape index (κ1) is 20.1. The number of aromatic nitrogens is 2. The molecule has 4 rings (SSSR count). The highest BCUT2D eigenvalue weighted by molar-refractivity contribution is 6.08. The molecule has 2 aromatic heterocycles. The van der Waals surface area contributed by atoms with Crippen molar-refractivity contribution in [2.75, 3.05) is 34.2 Å². The Bertz CT molecular complexity index is 1210. The predicted octanol–water partition coefficient (Wildman–Crippen LogP) is 3.30. The van der Waals surface area contributed by atoms with Crippen LogP contribution in [0.5, 0.6) is 17.4 Å². The summed E-state index contributed by atoms with van der Waals surface area (Å²) in [7, 11) is 5.85. The average molecular weight is 409 g/mol. The smallest absolute Gasteiger partial charge is 0.192 e. The van der Waals surface area contributed by atoms with Crippen molar-refractivity contribution in [3.8, 4) is 28.5 Å². The maximum absolute atomic E-state index is 10.6. The number of hydrogen-bond acceptors (Lipinski definition) is 5. The van der Waals surface area contributed by atoms with Crippen LogP contribution >= 0.6 is 0 Å². The molecule has 0 aliphatic rings. The highest BCUT2D eigenvalue weighted by Gasteiger charge is 2.20. The van der Waals surface area contributed by atoms with Crippen molar-refractivity contribution in [1.82, 2.24) is 20.2 Å². The van der Waals surface area contributed by atoms with Crippen molar-refractivity contribution in [3.05, 3.63) is 41.6 Å². The maximum atomic E-state index is 10.6. The third-order valence-corrected chi connectivity index (χ3v) is 5.65. The van der Waals surface area contributed by atoms with Gasteiger partial charge in [-0.25, -0.2) is 0 Å². The Morgan fingerprint density at radius 3 is 2.23 bits per heavy atom. The molecule has 0 saturated carbocycles. The molecule has 6 N–H and O–H groups in total. The van der Waals surface area contributed by atoms with Gasteiger partial charge in [-0.05, 0) is 70.4 Å². The summed E-state index contributed by atoms with van der Waals surface area (Å²) in [6, 6.07) is 7.05. The first-order valence-electron chi connectivity index (χ1n) is 10.1. The molecule has 4 aromatic rings. The molecule has 0 radical (unpaired) electrons. The van der Waals surface area contributed by atoms with Crippen molar-refractivity contribution in [3.63, 3.8) is 0 Å². The molecule has 0 unspecified atom stereocenters. The van der Waals surface area contributed by atoms with Gasteiger partial charge >= 0.3 is 0 Å². The number of aromatic hydroxyl groups is 3. The lowest BCUT2D eigenvalue weighted by molar-refractivity contribution is 0.404. The number of fused-ring (bicyclic) bond motifs is 2. The van der Waals surface area contributed by atoms with Gasteiger partial charge in [-0.15, -0.1) is 0 Å². The number of phenols is 2. The van der Waals surface area contributed by atoms with Crippen LogP contribution in [0.2, 0.25) is 0 Å². The standard InChI is InChI=1S/C23H28N4O3/c1-24-10-8-13-12-25-21-14(4-6-17(28)19(13)21)15-5-7-18(29)20-16(9-11-27(2)3)23(30)26-22(15)20/h4-7,12,24-26,28-30H,8-11H2,1-3H3. The van der Waals surface area contributed by atoms with E-state index in [1.165, 1.54) is 0 Å². The molecule has 7 nitrogen and oxygen atoms in total. The summed E-state index contributed by atoms with van der Waals surface area (Å²) in [6.07, 6.45) is 3.32. The Hall–Kier alpha value is -3.16. The molecule has 0 atom stereocenters. The second kappa shape index (κ2) is 7.93. The van der Waals surface area contributed by atoms with E-state index in [9.17, 15) is 15.3 Å². The second-order valence-electron chi connectivity index (χ2n) is 7.94. The monoisotopic (exact) mass is 408 g/mol. The molecule has 0 spiro atoms. The fourth-order valence-electron chi connectivity index (χ4n) is 4.12. The molecule has 2 heterocycles. The quantitative estimate of drug-likeness (QED) is 0.281. The molecule has 7 heteroatoms. The summed E-state index contributed by atoms with van der Waals surface area (Å²) in [5.74, 6) is 0.443. The Kier molecular flexibility index (Phi) is 5.32. The van der Waals surface area contributed by atoms with Crippen LogP contribution in [0.1, 0.15) is 11.1 Å². The van der Waals surface area contributed by atoms with Gasteiger partial charge in [-0.1, -0.05) is 0 Å². The molecule has 0 aliphatic carbocycles. The number of nitrogens with zero attached hydrogens (tertiary/aromatic N) is 1. The third kappa shape index (κ3) is 3.36. The number of nitrogens with one attached hydrogen (secondary N) is 3. The molecule has 0 fully saturated rings. The third-order valence-electron chi connectivity index (χ3n) is 5.65. The Labute approximate surface area is 175 Å². The van der Waals surface area contributed by atoms with Crippen molar-refractivity contribution < 1.29 is 15.3 Å². The summed E-state index contributed by atoms with van der Waals surface area (Å²) in [5, 5.41) is 36.2. The van der Waals surface area contributed by atoms with E-state index in [0.717, 1.165) is 47.1 Å². The van der Waals surface area contributed by atoms with Crippen molar-refractivity contribution in [1.29, 1.82) is 0 Å². The van der Waals surface area contributed by atoms with Gasteiger partial charge < -0.3 is 35.5 Å². The number of H-pyrrole nitrogens is 2. The van der Waals surface area contributed by atoms with Crippen molar-refractivity contribution >= 4 is 21.8 Å². The Morgan fingerprint density at radius 1 is 0.900 bits per heavy atom. The van der Waals surface area contributed by atoms with Crippen LogP contribution in [0.4, 0.5) is 0 Å². The lowest BCUT2D eigenvalue weighted by Crippen LogP contribution is -2.14. The van der Waals surface area contributed by atoms with Crippen LogP contribution in [-0.4, -0.2) is 64.4 Å². The first-order chi connectivity index (χ1) is 14.4. The topological polar surface area (TPSA) is 108 Å². The largest absolute Gasteiger partial charge is 0.507 e. The minimum absolute atomic E-state index is 0.0748. The molecule has 158 valence electrons. The molecule has 30 heavy (non-hydrogen) atoms. The highest BCUT2D eigenvalue weighted by atomic mass is 16.3. The summed E-state index contributed by atoms with van der Waals surface area (Å²) in [6.45, 7) is 1.55. The van der Waals surface area contributed by atoms with Crippen LogP contribution in [0.25, 0.3) is 32.9 Å². The minimum Gasteiger partial charge on any atom is -0.507 e. The molecular formula is C23H28N4O3. The Balaban J connectivity index is 1.91. The SMILES string of the molecule is CNCCc1c[nH]c2c(-c3ccc(O)c4c(CCN(C)C)c(O)[nH]c34)ccc(O)c12. The van der Waals surface area contributed by atoms with E-state index in [1.807, 2.05) is 44.4 Å². The number of hydrogen-bond donors (Lipinski definition) is 6. The second-order valence-corrected chi connectivity index (χ2v) is 7.94. The lowest BCUT2D eigenvalue weighted by Gasteiger charge is -2.11. The maximum Gasteiger partial charge on any atom is 0.192 e. The van der Waals surface area contributed by atoms with E-state index in [2.05, 4.69) is 15.3 Å². The average Bonchev–Trinajstić information content (AvgIpc) is 3.28. The predicted molar refractivity (Wildman–Crippen MR) is 120 cm³/mol. The summed E-state index contributed by atoms with van der Waals surface area (Å²) in [5.41, 5.74) is 4.99. The normalized spacial score (nSPS) is 11.9. The van der Waals surface area contributed by atoms with Crippen LogP contribution in [0.15, 0.2) is 30.5 Å². The molecule has 2 aromatic carbocycles. The summed E-state index contributed by atoms with van der Waals surface area (Å²) in [4.78, 5) is 8.42. The van der Waals surface area contributed by atoms with E-state index in [4.69, 9.17) is 0 Å². The van der Waals surface area contributed by atoms with Gasteiger partial charge in [0.2, 0.25) is 0 Å². The van der Waals surface area contributed by atoms with E-state index in [0.29, 0.717) is 22.9 Å². The zero-order valence-electron chi connectivity index (χ0n) is 17.5. The van der Waals surface area contributed by atoms with Gasteiger partial charge in [0.05, 0.1) is 11.0 Å². The zero-order valence-corrected chi connectivity index (χ0v) is 17.5. The molecule has 0 saturated heterocycles. The van der Waals surface area contributed by atoms with E-state index >= 15 is 0 Å². The minimum atomic E-state index is 0.0748. The van der Waals surface area contributed by atoms with Crippen LogP contribution < -0.4 is 5.32 Å². The van der Waals surface area contributed by atoms with E-state index in [-0.39, 0.29) is 17.4 Å². The number of phenolic OH excluding ortho intramolecular Hbond substituents is 2. The fraction of sp³-hybridized carbons (Fsp3) is 0.304. The number of benzene rings is 2. The van der Waals surface area contributed by atoms with Crippen LogP contribution in [0.3, 0.4) is 0 Å². The first-order valence-corrected chi connectivity index (χ1v) is 10.1. The van der Waals surface area contributed by atoms with Crippen molar-refractivity contribution in [2.24, 2.45) is 0 Å². The van der Waals surface area contributed by atoms with E-state index < -0.39 is 0 Å². The summed E-state index contributed by atoms with van der Waals surface area (Å²) >= 11 is 0. The van der Waals surface area contributed by atoms with Gasteiger partial charge in [0.1, 0.15) is 11.5 Å². The van der Waals surface area contributed by atoms with Gasteiger partial charge in [0, 0.05) is 40.2 Å². The van der Waals surface area contributed by atoms with Crippen LogP contribution in [0, 0.1) is 0 Å². The molecule has 0 aliphatic heterocycles. The highest BCUT2D eigenvalue weighted by Crippen LogP contribution is 2.43. The van der Waals surface area contributed by atoms with Gasteiger partial charge in [-0.3, -0.25) is 0 Å². The van der Waals surface area contributed by atoms with Gasteiger partial charge in [-0.2, -0.15) is 0 Å². The molecule has 0 amide bonds. The number of likely N-dealkylation sites (N-methyl/N-ethyl adjacent to an activating group) is 2. The summed E-state index contributed by atoms with van der Waals surface area (Å²) < 4.78 is 0. The molecule has 0 bridgehead atoms. The fourth-order valence-corrected chi connectivity index (χ4v) is 4.12. The van der Waals surface area contributed by atoms with Crippen molar-refractivity contribution in [2.45, 2.75) is 12.8 Å². The van der Waals surface area contributed by atoms with Gasteiger partial charge in [0.25, 0.3) is 0 Å². The molecular weight excluding hydrogens is 380 g/mol. The Morgan fingerprint density at radius 2 is 1.57 bits per heavy atom. The lowest BCUT2D eigenvalue weighted by atomic mass is 9.97.